The first kappa shape index (κ1) is 13.1. The van der Waals surface area contributed by atoms with Crippen LogP contribution in [0.2, 0.25) is 0 Å². The van der Waals surface area contributed by atoms with Crippen LogP contribution in [0.3, 0.4) is 0 Å². The second-order valence-electron chi connectivity index (χ2n) is 6.52. The maximum atomic E-state index is 12.2. The predicted molar refractivity (Wildman–Crippen MR) is 72.3 cm³/mol. The lowest BCUT2D eigenvalue weighted by atomic mass is 9.56. The highest BCUT2D eigenvalue weighted by Gasteiger charge is 2.54. The summed E-state index contributed by atoms with van der Waals surface area (Å²) in [7, 11) is 0. The van der Waals surface area contributed by atoms with E-state index in [0.717, 1.165) is 24.8 Å². The van der Waals surface area contributed by atoms with Crippen molar-refractivity contribution in [2.45, 2.75) is 53.4 Å². The zero-order valence-electron chi connectivity index (χ0n) is 11.4. The molecule has 2 unspecified atom stereocenters. The first-order valence-electron chi connectivity index (χ1n) is 6.66. The number of alkyl halides is 1. The second kappa shape index (κ2) is 4.12. The van der Waals surface area contributed by atoms with E-state index in [0.29, 0.717) is 17.6 Å². The largest absolute Gasteiger partial charge is 0.295 e. The van der Waals surface area contributed by atoms with Gasteiger partial charge in [0.1, 0.15) is 0 Å². The lowest BCUT2D eigenvalue weighted by Gasteiger charge is -2.48. The fraction of sp³-hybridized carbons (Fsp3) is 0.800. The number of ketones is 1. The lowest BCUT2D eigenvalue weighted by molar-refractivity contribution is -0.115. The van der Waals surface area contributed by atoms with Crippen LogP contribution in [0.15, 0.2) is 11.1 Å². The van der Waals surface area contributed by atoms with Crippen molar-refractivity contribution in [3.05, 3.63) is 11.1 Å². The van der Waals surface area contributed by atoms with Crippen molar-refractivity contribution in [3.63, 3.8) is 0 Å². The lowest BCUT2D eigenvalue weighted by Crippen LogP contribution is -2.42. The Morgan fingerprint density at radius 2 is 2.06 bits per heavy atom. The fourth-order valence-electron chi connectivity index (χ4n) is 3.76. The van der Waals surface area contributed by atoms with Crippen LogP contribution >= 0.6 is 11.6 Å². The second-order valence-corrected chi connectivity index (χ2v) is 6.79. The van der Waals surface area contributed by atoms with Gasteiger partial charge in [0.15, 0.2) is 5.78 Å². The van der Waals surface area contributed by atoms with Gasteiger partial charge in [-0.05, 0) is 37.5 Å². The molecule has 0 aromatic rings. The van der Waals surface area contributed by atoms with Crippen molar-refractivity contribution < 1.29 is 4.79 Å². The smallest absolute Gasteiger partial charge is 0.159 e. The highest BCUT2D eigenvalue weighted by atomic mass is 35.5. The molecule has 0 amide bonds. The molecule has 0 aromatic heterocycles. The number of hydrogen-bond acceptors (Lipinski definition) is 1. The predicted octanol–water partition coefficient (Wildman–Crippen LogP) is 4.35. The van der Waals surface area contributed by atoms with Crippen molar-refractivity contribution in [1.82, 2.24) is 0 Å². The molecule has 0 aromatic carbocycles. The van der Waals surface area contributed by atoms with Gasteiger partial charge in [-0.2, -0.15) is 0 Å². The van der Waals surface area contributed by atoms with Gasteiger partial charge in [-0.25, -0.2) is 0 Å². The van der Waals surface area contributed by atoms with Crippen molar-refractivity contribution in [2.24, 2.45) is 16.7 Å². The van der Waals surface area contributed by atoms with Crippen LogP contribution in [0.1, 0.15) is 53.4 Å². The molecule has 0 bridgehead atoms. The summed E-state index contributed by atoms with van der Waals surface area (Å²) in [6, 6.07) is 0. The Morgan fingerprint density at radius 1 is 1.41 bits per heavy atom. The Morgan fingerprint density at radius 3 is 2.65 bits per heavy atom. The summed E-state index contributed by atoms with van der Waals surface area (Å²) in [5.41, 5.74) is 2.55. The molecule has 2 aliphatic rings. The molecule has 2 rings (SSSR count). The molecular formula is C15H23ClO. The van der Waals surface area contributed by atoms with Crippen molar-refractivity contribution in [3.8, 4) is 0 Å². The first-order valence-corrected chi connectivity index (χ1v) is 7.19. The van der Waals surface area contributed by atoms with Gasteiger partial charge in [0.2, 0.25) is 0 Å². The Bertz CT molecular complexity index is 380. The summed E-state index contributed by atoms with van der Waals surface area (Å²) in [5.74, 6) is 1.57. The monoisotopic (exact) mass is 254 g/mol. The summed E-state index contributed by atoms with van der Waals surface area (Å²) in [5, 5.41) is 0. The van der Waals surface area contributed by atoms with Crippen LogP contribution in [0.4, 0.5) is 0 Å². The number of rotatable bonds is 2. The highest BCUT2D eigenvalue weighted by molar-refractivity contribution is 6.18. The maximum Gasteiger partial charge on any atom is 0.159 e. The van der Waals surface area contributed by atoms with Crippen LogP contribution in [0.25, 0.3) is 0 Å². The molecule has 0 spiro atoms. The van der Waals surface area contributed by atoms with Crippen LogP contribution in [-0.4, -0.2) is 11.7 Å². The third kappa shape index (κ3) is 1.69. The molecule has 1 nitrogen and oxygen atoms in total. The molecule has 0 aliphatic heterocycles. The van der Waals surface area contributed by atoms with Gasteiger partial charge in [-0.15, -0.1) is 11.6 Å². The van der Waals surface area contributed by atoms with Crippen LogP contribution in [-0.2, 0) is 4.79 Å². The van der Waals surface area contributed by atoms with Gasteiger partial charge in [0.05, 0.1) is 0 Å². The van der Waals surface area contributed by atoms with E-state index in [4.69, 9.17) is 11.6 Å². The van der Waals surface area contributed by atoms with Gasteiger partial charge in [0.25, 0.3) is 0 Å². The molecule has 0 saturated heterocycles. The van der Waals surface area contributed by atoms with E-state index >= 15 is 0 Å². The van der Waals surface area contributed by atoms with E-state index in [1.54, 1.807) is 0 Å². The Kier molecular flexibility index (Phi) is 3.18. The topological polar surface area (TPSA) is 17.1 Å². The van der Waals surface area contributed by atoms with Crippen molar-refractivity contribution >= 4 is 17.4 Å². The molecule has 1 saturated carbocycles. The molecule has 2 atom stereocenters. The fourth-order valence-corrected chi connectivity index (χ4v) is 4.02. The normalized spacial score (nSPS) is 34.2. The van der Waals surface area contributed by atoms with E-state index in [9.17, 15) is 4.79 Å². The Balaban J connectivity index is 2.57. The first-order chi connectivity index (χ1) is 7.85. The number of carbonyl (C=O) groups is 1. The molecule has 0 radical (unpaired) electrons. The van der Waals surface area contributed by atoms with Gasteiger partial charge in [-0.1, -0.05) is 26.3 Å². The summed E-state index contributed by atoms with van der Waals surface area (Å²) in [4.78, 5) is 12.2. The molecule has 0 heterocycles. The highest BCUT2D eigenvalue weighted by Crippen LogP contribution is 2.60. The van der Waals surface area contributed by atoms with Crippen LogP contribution < -0.4 is 0 Å². The molecule has 2 aliphatic carbocycles. The minimum atomic E-state index is 0.0252. The maximum absolute atomic E-state index is 12.2. The average molecular weight is 255 g/mol. The Hall–Kier alpha value is -0.300. The summed E-state index contributed by atoms with van der Waals surface area (Å²) in [6.45, 7) is 8.84. The molecule has 17 heavy (non-hydrogen) atoms. The standard InChI is InChI=1S/C15H23ClO/c1-10-5-7-15(14(3,4)9-16)8-6-12(17)13(15)11(10)2/h10H,5-9H2,1-4H3. The van der Waals surface area contributed by atoms with Crippen LogP contribution in [0.5, 0.6) is 0 Å². The van der Waals surface area contributed by atoms with E-state index in [1.807, 2.05) is 0 Å². The molecular weight excluding hydrogens is 232 g/mol. The minimum absolute atomic E-state index is 0.0252. The van der Waals surface area contributed by atoms with Gasteiger partial charge >= 0.3 is 0 Å². The molecule has 2 heteroatoms. The number of allylic oxidation sites excluding steroid dienone is 2. The average Bonchev–Trinajstić information content (AvgIpc) is 2.64. The number of halogens is 1. The summed E-state index contributed by atoms with van der Waals surface area (Å²) in [6.07, 6.45) is 4.06. The van der Waals surface area contributed by atoms with Gasteiger partial charge in [0, 0.05) is 23.3 Å². The zero-order chi connectivity index (χ0) is 12.8. The van der Waals surface area contributed by atoms with Crippen molar-refractivity contribution in [2.75, 3.05) is 5.88 Å². The van der Waals surface area contributed by atoms with E-state index < -0.39 is 0 Å². The number of hydrogen-bond donors (Lipinski definition) is 0. The third-order valence-electron chi connectivity index (χ3n) is 5.30. The van der Waals surface area contributed by atoms with Crippen molar-refractivity contribution in [1.29, 1.82) is 0 Å². The number of fused-ring (bicyclic) bond motifs is 1. The number of carbonyl (C=O) groups excluding carboxylic acids is 1. The summed E-state index contributed by atoms with van der Waals surface area (Å²) < 4.78 is 0. The summed E-state index contributed by atoms with van der Waals surface area (Å²) >= 11 is 6.19. The SMILES string of the molecule is CC1=C2C(=O)CCC2(C(C)(C)CCl)CCC1C. The third-order valence-corrected chi connectivity index (χ3v) is 5.97. The van der Waals surface area contributed by atoms with E-state index in [-0.39, 0.29) is 10.8 Å². The minimum Gasteiger partial charge on any atom is -0.295 e. The van der Waals surface area contributed by atoms with Crippen LogP contribution in [0, 0.1) is 16.7 Å². The van der Waals surface area contributed by atoms with E-state index in [2.05, 4.69) is 27.7 Å². The molecule has 0 N–H and O–H groups in total. The molecule has 1 fully saturated rings. The quantitative estimate of drug-likeness (QED) is 0.670. The zero-order valence-corrected chi connectivity index (χ0v) is 12.2. The van der Waals surface area contributed by atoms with Gasteiger partial charge < -0.3 is 0 Å². The Labute approximate surface area is 110 Å². The number of Topliss-reactive ketones (excluding diaryl/α,β-unsaturated/α-hetero) is 1. The molecule has 96 valence electrons. The van der Waals surface area contributed by atoms with E-state index in [1.165, 1.54) is 12.0 Å². The van der Waals surface area contributed by atoms with Gasteiger partial charge in [-0.3, -0.25) is 4.79 Å².